The van der Waals surface area contributed by atoms with E-state index in [2.05, 4.69) is 24.4 Å². The minimum absolute atomic E-state index is 0.641. The van der Waals surface area contributed by atoms with Crippen molar-refractivity contribution in [3.05, 3.63) is 0 Å². The normalized spacial score (nSPS) is 25.3. The predicted octanol–water partition coefficient (Wildman–Crippen LogP) is 2.62. The molecule has 0 aromatic rings. The van der Waals surface area contributed by atoms with E-state index in [1.807, 2.05) is 0 Å². The molecule has 1 fully saturated rings. The Kier molecular flexibility index (Phi) is 3.52. The minimum Gasteiger partial charge on any atom is -0.298 e. The molecule has 1 aliphatic rings. The van der Waals surface area contributed by atoms with E-state index in [1.54, 1.807) is 23.7 Å². The van der Waals surface area contributed by atoms with Crippen LogP contribution in [0.5, 0.6) is 0 Å². The van der Waals surface area contributed by atoms with E-state index in [1.165, 1.54) is 0 Å². The Morgan fingerprint density at radius 2 is 2.36 bits per heavy atom. The SMILES string of the molecule is CSN1C(=S)SC[C@H]1C(C)C. The largest absolute Gasteiger partial charge is 0.298 e. The first-order valence-corrected chi connectivity index (χ1v) is 6.24. The highest BCUT2D eigenvalue weighted by Gasteiger charge is 2.30. The van der Waals surface area contributed by atoms with Crippen LogP contribution < -0.4 is 0 Å². The molecular weight excluding hydrogens is 194 g/mol. The summed E-state index contributed by atoms with van der Waals surface area (Å²) in [6.45, 7) is 4.50. The molecule has 1 atom stereocenters. The number of rotatable bonds is 2. The summed E-state index contributed by atoms with van der Waals surface area (Å²) in [5.74, 6) is 1.87. The lowest BCUT2D eigenvalue weighted by Crippen LogP contribution is -2.31. The van der Waals surface area contributed by atoms with Gasteiger partial charge < -0.3 is 0 Å². The van der Waals surface area contributed by atoms with Crippen LogP contribution in [0.4, 0.5) is 0 Å². The summed E-state index contributed by atoms with van der Waals surface area (Å²) in [6, 6.07) is 0.641. The van der Waals surface area contributed by atoms with Gasteiger partial charge in [-0.05, 0) is 5.92 Å². The van der Waals surface area contributed by atoms with Crippen LogP contribution in [0.2, 0.25) is 0 Å². The molecule has 64 valence electrons. The maximum Gasteiger partial charge on any atom is 0.146 e. The molecule has 0 aromatic heterocycles. The van der Waals surface area contributed by atoms with E-state index in [9.17, 15) is 0 Å². The average Bonchev–Trinajstić information content (AvgIpc) is 2.30. The fraction of sp³-hybridized carbons (Fsp3) is 0.857. The van der Waals surface area contributed by atoms with Gasteiger partial charge in [-0.3, -0.25) is 4.31 Å². The second kappa shape index (κ2) is 4.01. The Hall–Kier alpha value is 0.590. The van der Waals surface area contributed by atoms with Gasteiger partial charge in [0.15, 0.2) is 0 Å². The molecular formula is C7H13NS3. The van der Waals surface area contributed by atoms with Gasteiger partial charge in [-0.2, -0.15) is 0 Å². The topological polar surface area (TPSA) is 3.24 Å². The number of hydrogen-bond acceptors (Lipinski definition) is 3. The molecule has 0 aromatic carbocycles. The van der Waals surface area contributed by atoms with Crippen molar-refractivity contribution in [1.29, 1.82) is 0 Å². The highest BCUT2D eigenvalue weighted by Crippen LogP contribution is 2.32. The Bertz CT molecular complexity index is 158. The van der Waals surface area contributed by atoms with E-state index in [0.29, 0.717) is 12.0 Å². The second-order valence-corrected chi connectivity index (χ2v) is 5.31. The van der Waals surface area contributed by atoms with Crippen LogP contribution in [0.25, 0.3) is 0 Å². The van der Waals surface area contributed by atoms with Gasteiger partial charge in [0.25, 0.3) is 0 Å². The van der Waals surface area contributed by atoms with Crippen LogP contribution >= 0.6 is 35.9 Å². The van der Waals surface area contributed by atoms with Crippen molar-refractivity contribution in [2.24, 2.45) is 5.92 Å². The molecule has 0 amide bonds. The van der Waals surface area contributed by atoms with E-state index < -0.39 is 0 Å². The van der Waals surface area contributed by atoms with Crippen LogP contribution in [0.15, 0.2) is 0 Å². The number of hydrogen-bond donors (Lipinski definition) is 0. The zero-order valence-electron chi connectivity index (χ0n) is 7.03. The van der Waals surface area contributed by atoms with Gasteiger partial charge in [-0.1, -0.05) is 49.8 Å². The summed E-state index contributed by atoms with van der Waals surface area (Å²) in [6.07, 6.45) is 2.09. The molecule has 11 heavy (non-hydrogen) atoms. The summed E-state index contributed by atoms with van der Waals surface area (Å²) in [5.41, 5.74) is 0. The van der Waals surface area contributed by atoms with Crippen LogP contribution in [0, 0.1) is 5.92 Å². The molecule has 0 bridgehead atoms. The molecule has 0 spiro atoms. The fourth-order valence-electron chi connectivity index (χ4n) is 1.10. The van der Waals surface area contributed by atoms with Crippen LogP contribution in [0.3, 0.4) is 0 Å². The van der Waals surface area contributed by atoms with Crippen molar-refractivity contribution in [3.8, 4) is 0 Å². The Morgan fingerprint density at radius 1 is 1.73 bits per heavy atom. The van der Waals surface area contributed by atoms with Crippen LogP contribution in [0.1, 0.15) is 13.8 Å². The number of thioether (sulfide) groups is 1. The lowest BCUT2D eigenvalue weighted by Gasteiger charge is -2.25. The number of thiocarbonyl (C=S) groups is 1. The first-order chi connectivity index (χ1) is 5.16. The zero-order valence-corrected chi connectivity index (χ0v) is 9.48. The summed E-state index contributed by atoms with van der Waals surface area (Å²) in [4.78, 5) is 0. The van der Waals surface area contributed by atoms with Crippen LogP contribution in [-0.4, -0.2) is 26.7 Å². The van der Waals surface area contributed by atoms with Gasteiger partial charge in [-0.15, -0.1) is 0 Å². The quantitative estimate of drug-likeness (QED) is 0.505. The van der Waals surface area contributed by atoms with Crippen molar-refractivity contribution in [2.75, 3.05) is 12.0 Å². The zero-order chi connectivity index (χ0) is 8.43. The van der Waals surface area contributed by atoms with Crippen molar-refractivity contribution in [3.63, 3.8) is 0 Å². The van der Waals surface area contributed by atoms with Gasteiger partial charge in [0.05, 0.1) is 6.04 Å². The molecule has 1 rings (SSSR count). The van der Waals surface area contributed by atoms with Gasteiger partial charge in [0.1, 0.15) is 4.32 Å². The third-order valence-electron chi connectivity index (χ3n) is 1.82. The molecule has 0 saturated carbocycles. The molecule has 1 saturated heterocycles. The summed E-state index contributed by atoms with van der Waals surface area (Å²) in [5, 5.41) is 0. The number of nitrogens with zero attached hydrogens (tertiary/aromatic N) is 1. The third-order valence-corrected chi connectivity index (χ3v) is 4.40. The lowest BCUT2D eigenvalue weighted by molar-refractivity contribution is 0.413. The summed E-state index contributed by atoms with van der Waals surface area (Å²) >= 11 is 8.76. The molecule has 1 nitrogen and oxygen atoms in total. The second-order valence-electron chi connectivity index (χ2n) is 2.90. The smallest absolute Gasteiger partial charge is 0.146 e. The van der Waals surface area contributed by atoms with Crippen molar-refractivity contribution < 1.29 is 0 Å². The van der Waals surface area contributed by atoms with Crippen molar-refractivity contribution in [2.45, 2.75) is 19.9 Å². The molecule has 1 heterocycles. The third kappa shape index (κ3) is 2.04. The van der Waals surface area contributed by atoms with Gasteiger partial charge in [0, 0.05) is 12.0 Å². The highest BCUT2D eigenvalue weighted by molar-refractivity contribution is 8.24. The first-order valence-electron chi connectivity index (χ1n) is 3.67. The Balaban J connectivity index is 2.61. The Morgan fingerprint density at radius 3 is 2.73 bits per heavy atom. The summed E-state index contributed by atoms with van der Waals surface area (Å²) in [7, 11) is 0. The van der Waals surface area contributed by atoms with E-state index in [4.69, 9.17) is 12.2 Å². The highest BCUT2D eigenvalue weighted by atomic mass is 32.2. The van der Waals surface area contributed by atoms with E-state index in [-0.39, 0.29) is 0 Å². The van der Waals surface area contributed by atoms with Gasteiger partial charge in [0.2, 0.25) is 0 Å². The average molecular weight is 207 g/mol. The fourth-order valence-corrected chi connectivity index (χ4v) is 3.98. The molecule has 0 N–H and O–H groups in total. The standard InChI is InChI=1S/C7H13NS3/c1-5(2)6-4-11-7(9)8(6)10-3/h5-6H,4H2,1-3H3/t6-/m0/s1. The minimum atomic E-state index is 0.641. The maximum absolute atomic E-state index is 5.20. The van der Waals surface area contributed by atoms with E-state index in [0.717, 1.165) is 10.1 Å². The molecule has 0 aliphatic carbocycles. The molecule has 0 unspecified atom stereocenters. The predicted molar refractivity (Wildman–Crippen MR) is 59.0 cm³/mol. The van der Waals surface area contributed by atoms with Gasteiger partial charge in [-0.25, -0.2) is 0 Å². The van der Waals surface area contributed by atoms with E-state index >= 15 is 0 Å². The Labute approximate surface area is 82.4 Å². The van der Waals surface area contributed by atoms with Crippen LogP contribution in [-0.2, 0) is 0 Å². The monoisotopic (exact) mass is 207 g/mol. The lowest BCUT2D eigenvalue weighted by atomic mass is 10.1. The molecule has 0 radical (unpaired) electrons. The molecule has 4 heteroatoms. The van der Waals surface area contributed by atoms with Gasteiger partial charge >= 0.3 is 0 Å². The summed E-state index contributed by atoms with van der Waals surface area (Å²) < 4.78 is 3.31. The van der Waals surface area contributed by atoms with Crippen molar-refractivity contribution in [1.82, 2.24) is 4.31 Å². The van der Waals surface area contributed by atoms with Crippen molar-refractivity contribution >= 4 is 40.2 Å². The first kappa shape index (κ1) is 9.68. The molecule has 1 aliphatic heterocycles. The maximum atomic E-state index is 5.20.